The molecule has 1 aromatic heterocycles. The predicted molar refractivity (Wildman–Crippen MR) is 99.2 cm³/mol. The summed E-state index contributed by atoms with van der Waals surface area (Å²) in [6, 6.07) is 8.22. The van der Waals surface area contributed by atoms with Crippen LogP contribution in [0.3, 0.4) is 0 Å². The molecule has 7 heteroatoms. The molecule has 0 bridgehead atoms. The second kappa shape index (κ2) is 8.60. The van der Waals surface area contributed by atoms with Gasteiger partial charge in [-0.3, -0.25) is 4.79 Å². The van der Waals surface area contributed by atoms with Crippen LogP contribution < -0.4 is 15.0 Å². The summed E-state index contributed by atoms with van der Waals surface area (Å²) in [5.41, 5.74) is 2.13. The van der Waals surface area contributed by atoms with Gasteiger partial charge >= 0.3 is 6.01 Å². The molecule has 2 aromatic rings. The van der Waals surface area contributed by atoms with Gasteiger partial charge in [-0.05, 0) is 31.7 Å². The van der Waals surface area contributed by atoms with E-state index in [1.807, 2.05) is 31.2 Å². The monoisotopic (exact) mass is 355 g/mol. The smallest absolute Gasteiger partial charge is 0.321 e. The molecule has 1 aliphatic heterocycles. The fourth-order valence-electron chi connectivity index (χ4n) is 3.04. The number of amides is 1. The molecule has 0 saturated carbocycles. The van der Waals surface area contributed by atoms with Gasteiger partial charge in [-0.1, -0.05) is 29.8 Å². The number of rotatable bonds is 6. The zero-order valence-electron chi connectivity index (χ0n) is 15.4. The Labute approximate surface area is 153 Å². The minimum atomic E-state index is -0.0606. The Kier molecular flexibility index (Phi) is 5.99. The summed E-state index contributed by atoms with van der Waals surface area (Å²) in [5, 5.41) is 2.88. The fraction of sp³-hybridized carbons (Fsp3) is 0.474. The van der Waals surface area contributed by atoms with Crippen LogP contribution in [0.2, 0.25) is 0 Å². The Hall–Kier alpha value is -2.70. The average molecular weight is 355 g/mol. The number of hydrogen-bond donors (Lipinski definition) is 1. The largest absolute Gasteiger partial charge is 0.467 e. The van der Waals surface area contributed by atoms with Crippen molar-refractivity contribution in [1.82, 2.24) is 20.3 Å². The lowest BCUT2D eigenvalue weighted by Crippen LogP contribution is -2.32. The Balaban J connectivity index is 1.63. The second-order valence-corrected chi connectivity index (χ2v) is 6.53. The van der Waals surface area contributed by atoms with Gasteiger partial charge in [-0.15, -0.1) is 0 Å². The quantitative estimate of drug-likeness (QED) is 0.854. The summed E-state index contributed by atoms with van der Waals surface area (Å²) >= 11 is 0. The molecule has 1 fully saturated rings. The van der Waals surface area contributed by atoms with Crippen LogP contribution in [0.4, 0.5) is 5.95 Å². The van der Waals surface area contributed by atoms with Crippen molar-refractivity contribution in [2.45, 2.75) is 39.2 Å². The topological polar surface area (TPSA) is 80.2 Å². The molecular formula is C19H25N5O2. The van der Waals surface area contributed by atoms with E-state index in [1.54, 1.807) is 0 Å². The van der Waals surface area contributed by atoms with Crippen molar-refractivity contribution in [2.75, 3.05) is 25.1 Å². The third-order valence-corrected chi connectivity index (χ3v) is 4.36. The maximum Gasteiger partial charge on any atom is 0.321 e. The highest BCUT2D eigenvalue weighted by Crippen LogP contribution is 2.17. The Bertz CT molecular complexity index is 759. The van der Waals surface area contributed by atoms with Gasteiger partial charge in [0.05, 0.1) is 20.1 Å². The van der Waals surface area contributed by atoms with Crippen molar-refractivity contribution in [3.8, 4) is 6.01 Å². The molecule has 0 unspecified atom stereocenters. The van der Waals surface area contributed by atoms with Gasteiger partial charge < -0.3 is 15.0 Å². The number of nitrogens with one attached hydrogen (secondary N) is 1. The standard InChI is InChI=1S/C19H25N5O2/c1-14-7-6-8-15(11-14)12-17(25)20-13-16-21-18(23-19(22-16)26-2)24-9-4-3-5-10-24/h6-8,11H,3-5,9-10,12-13H2,1-2H3,(H,20,25). The first-order valence-corrected chi connectivity index (χ1v) is 9.00. The molecule has 138 valence electrons. The van der Waals surface area contributed by atoms with Gasteiger partial charge in [0.1, 0.15) is 0 Å². The van der Waals surface area contributed by atoms with Crippen molar-refractivity contribution < 1.29 is 9.53 Å². The number of anilines is 1. The van der Waals surface area contributed by atoms with Crippen molar-refractivity contribution in [3.05, 3.63) is 41.2 Å². The Morgan fingerprint density at radius 3 is 2.73 bits per heavy atom. The number of aryl methyl sites for hydroxylation is 1. The average Bonchev–Trinajstić information content (AvgIpc) is 2.67. The summed E-state index contributed by atoms with van der Waals surface area (Å²) < 4.78 is 5.20. The zero-order valence-corrected chi connectivity index (χ0v) is 15.4. The highest BCUT2D eigenvalue weighted by Gasteiger charge is 2.17. The van der Waals surface area contributed by atoms with E-state index >= 15 is 0 Å². The van der Waals surface area contributed by atoms with Gasteiger partial charge in [-0.25, -0.2) is 0 Å². The van der Waals surface area contributed by atoms with Gasteiger partial charge in [-0.2, -0.15) is 15.0 Å². The third-order valence-electron chi connectivity index (χ3n) is 4.36. The van der Waals surface area contributed by atoms with E-state index in [2.05, 4.69) is 25.2 Å². The molecule has 7 nitrogen and oxygen atoms in total. The minimum absolute atomic E-state index is 0.0606. The molecule has 2 heterocycles. The summed E-state index contributed by atoms with van der Waals surface area (Å²) in [7, 11) is 1.54. The number of carbonyl (C=O) groups excluding carboxylic acids is 1. The number of benzene rings is 1. The maximum absolute atomic E-state index is 12.2. The molecule has 1 aliphatic rings. The molecule has 1 N–H and O–H groups in total. The van der Waals surface area contributed by atoms with E-state index in [0.717, 1.165) is 37.1 Å². The zero-order chi connectivity index (χ0) is 18.4. The second-order valence-electron chi connectivity index (χ2n) is 6.53. The highest BCUT2D eigenvalue weighted by atomic mass is 16.5. The first kappa shape index (κ1) is 18.1. The van der Waals surface area contributed by atoms with Crippen LogP contribution in [-0.4, -0.2) is 41.1 Å². The van der Waals surface area contributed by atoms with Gasteiger partial charge in [0.25, 0.3) is 0 Å². The van der Waals surface area contributed by atoms with Crippen LogP contribution in [0.1, 0.15) is 36.2 Å². The van der Waals surface area contributed by atoms with E-state index in [0.29, 0.717) is 18.2 Å². The van der Waals surface area contributed by atoms with E-state index in [9.17, 15) is 4.79 Å². The van der Waals surface area contributed by atoms with Crippen molar-refractivity contribution in [2.24, 2.45) is 0 Å². The first-order chi connectivity index (χ1) is 12.6. The lowest BCUT2D eigenvalue weighted by atomic mass is 10.1. The summed E-state index contributed by atoms with van der Waals surface area (Å²) in [6.07, 6.45) is 3.84. The third kappa shape index (κ3) is 4.91. The molecule has 3 rings (SSSR count). The number of nitrogens with zero attached hydrogens (tertiary/aromatic N) is 4. The van der Waals surface area contributed by atoms with E-state index in [1.165, 1.54) is 13.5 Å². The molecule has 0 spiro atoms. The number of methoxy groups -OCH3 is 1. The summed E-state index contributed by atoms with van der Waals surface area (Å²) in [6.45, 7) is 4.14. The van der Waals surface area contributed by atoms with E-state index in [4.69, 9.17) is 4.74 Å². The van der Waals surface area contributed by atoms with Crippen LogP contribution in [0, 0.1) is 6.92 Å². The normalized spacial score (nSPS) is 14.2. The van der Waals surface area contributed by atoms with Gasteiger partial charge in [0.15, 0.2) is 5.82 Å². The van der Waals surface area contributed by atoms with E-state index < -0.39 is 0 Å². The van der Waals surface area contributed by atoms with Crippen LogP contribution in [-0.2, 0) is 17.8 Å². The van der Waals surface area contributed by atoms with Crippen LogP contribution in [0.25, 0.3) is 0 Å². The number of piperidine rings is 1. The van der Waals surface area contributed by atoms with Crippen LogP contribution >= 0.6 is 0 Å². The molecule has 0 atom stereocenters. The summed E-state index contributed by atoms with van der Waals surface area (Å²) in [5.74, 6) is 1.07. The lowest BCUT2D eigenvalue weighted by molar-refractivity contribution is -0.120. The van der Waals surface area contributed by atoms with E-state index in [-0.39, 0.29) is 18.5 Å². The van der Waals surface area contributed by atoms with Crippen molar-refractivity contribution >= 4 is 11.9 Å². The lowest BCUT2D eigenvalue weighted by Gasteiger charge is -2.26. The van der Waals surface area contributed by atoms with Gasteiger partial charge in [0.2, 0.25) is 11.9 Å². The molecule has 26 heavy (non-hydrogen) atoms. The fourth-order valence-corrected chi connectivity index (χ4v) is 3.04. The number of hydrogen-bond acceptors (Lipinski definition) is 6. The number of ether oxygens (including phenoxy) is 1. The highest BCUT2D eigenvalue weighted by molar-refractivity contribution is 5.78. The Morgan fingerprint density at radius 2 is 2.00 bits per heavy atom. The predicted octanol–water partition coefficient (Wildman–Crippen LogP) is 2.04. The van der Waals surface area contributed by atoms with Crippen molar-refractivity contribution in [3.63, 3.8) is 0 Å². The van der Waals surface area contributed by atoms with Crippen molar-refractivity contribution in [1.29, 1.82) is 0 Å². The molecule has 0 aliphatic carbocycles. The molecule has 1 saturated heterocycles. The van der Waals surface area contributed by atoms with Gasteiger partial charge in [0, 0.05) is 13.1 Å². The van der Waals surface area contributed by atoms with Crippen LogP contribution in [0.5, 0.6) is 6.01 Å². The van der Waals surface area contributed by atoms with Crippen LogP contribution in [0.15, 0.2) is 24.3 Å². The molecule has 1 amide bonds. The Morgan fingerprint density at radius 1 is 1.19 bits per heavy atom. The molecular weight excluding hydrogens is 330 g/mol. The number of aromatic nitrogens is 3. The first-order valence-electron chi connectivity index (χ1n) is 9.00. The summed E-state index contributed by atoms with van der Waals surface area (Å²) in [4.78, 5) is 27.5. The maximum atomic E-state index is 12.2. The molecule has 1 aromatic carbocycles. The number of carbonyl (C=O) groups is 1. The minimum Gasteiger partial charge on any atom is -0.467 e. The SMILES string of the molecule is COc1nc(CNC(=O)Cc2cccc(C)c2)nc(N2CCCCC2)n1. The molecule has 0 radical (unpaired) electrons.